The fraction of sp³-hybridized carbons (Fsp3) is 0.933. The number of ketones is 1. The van der Waals surface area contributed by atoms with E-state index in [-0.39, 0.29) is 36.1 Å². The van der Waals surface area contributed by atoms with Crippen LogP contribution in [0.2, 0.25) is 0 Å². The average Bonchev–Trinajstić information content (AvgIpc) is 2.73. The van der Waals surface area contributed by atoms with Crippen molar-refractivity contribution in [3.05, 3.63) is 0 Å². The Morgan fingerprint density at radius 1 is 1.40 bits per heavy atom. The van der Waals surface area contributed by atoms with Crippen LogP contribution in [0.4, 0.5) is 0 Å². The summed E-state index contributed by atoms with van der Waals surface area (Å²) in [7, 11) is 2.00. The molecule has 0 amide bonds. The molecule has 1 saturated heterocycles. The van der Waals surface area contributed by atoms with Gasteiger partial charge in [0.1, 0.15) is 5.78 Å². The van der Waals surface area contributed by atoms with E-state index in [0.717, 1.165) is 12.8 Å². The van der Waals surface area contributed by atoms with Gasteiger partial charge in [-0.25, -0.2) is 0 Å². The number of carbonyl (C=O) groups is 1. The first kappa shape index (κ1) is 17.6. The summed E-state index contributed by atoms with van der Waals surface area (Å²) >= 11 is 0. The van der Waals surface area contributed by atoms with Crippen molar-refractivity contribution in [2.24, 2.45) is 11.7 Å². The zero-order valence-electron chi connectivity index (χ0n) is 13.5. The molecule has 0 aromatic heterocycles. The minimum atomic E-state index is -0.208. The first-order valence-electron chi connectivity index (χ1n) is 7.63. The van der Waals surface area contributed by atoms with Gasteiger partial charge in [-0.1, -0.05) is 6.92 Å². The highest BCUT2D eigenvalue weighted by atomic mass is 16.7. The molecule has 1 rings (SSSR count). The lowest BCUT2D eigenvalue weighted by atomic mass is 9.93. The van der Waals surface area contributed by atoms with Crippen molar-refractivity contribution in [2.75, 3.05) is 20.3 Å². The fourth-order valence-corrected chi connectivity index (χ4v) is 3.19. The summed E-state index contributed by atoms with van der Waals surface area (Å²) in [6.07, 6.45) is 1.51. The predicted octanol–water partition coefficient (Wildman–Crippen LogP) is 1.40. The van der Waals surface area contributed by atoms with Gasteiger partial charge in [0, 0.05) is 24.6 Å². The van der Waals surface area contributed by atoms with Gasteiger partial charge in [-0.15, -0.1) is 0 Å². The van der Waals surface area contributed by atoms with Crippen LogP contribution in [0.3, 0.4) is 0 Å². The summed E-state index contributed by atoms with van der Waals surface area (Å²) < 4.78 is 11.1. The third kappa shape index (κ3) is 4.25. The van der Waals surface area contributed by atoms with E-state index in [2.05, 4.69) is 11.8 Å². The molecule has 5 nitrogen and oxygen atoms in total. The summed E-state index contributed by atoms with van der Waals surface area (Å²) in [6, 6.07) is 0.233. The van der Waals surface area contributed by atoms with Gasteiger partial charge >= 0.3 is 0 Å². The van der Waals surface area contributed by atoms with Gasteiger partial charge < -0.3 is 15.2 Å². The van der Waals surface area contributed by atoms with Crippen molar-refractivity contribution < 1.29 is 14.3 Å². The first-order chi connectivity index (χ1) is 9.42. The Morgan fingerprint density at radius 3 is 2.55 bits per heavy atom. The maximum absolute atomic E-state index is 11.8. The second-order valence-corrected chi connectivity index (χ2v) is 5.71. The lowest BCUT2D eigenvalue weighted by molar-refractivity contribution is -0.137. The van der Waals surface area contributed by atoms with Crippen molar-refractivity contribution in [1.82, 2.24) is 4.90 Å². The van der Waals surface area contributed by atoms with E-state index in [1.165, 1.54) is 0 Å². The molecule has 0 aromatic rings. The van der Waals surface area contributed by atoms with Crippen molar-refractivity contribution in [3.8, 4) is 0 Å². The number of nitrogens with zero attached hydrogens (tertiary/aromatic N) is 1. The maximum atomic E-state index is 11.8. The summed E-state index contributed by atoms with van der Waals surface area (Å²) in [5.41, 5.74) is 6.25. The molecule has 5 unspecified atom stereocenters. The maximum Gasteiger partial charge on any atom is 0.154 e. The van der Waals surface area contributed by atoms with Crippen LogP contribution in [-0.2, 0) is 14.3 Å². The number of hydrogen-bond acceptors (Lipinski definition) is 5. The van der Waals surface area contributed by atoms with E-state index in [1.54, 1.807) is 6.92 Å². The molecule has 1 aliphatic heterocycles. The number of likely N-dealkylation sites (tertiary alicyclic amines) is 1. The molecule has 5 heteroatoms. The standard InChI is InChI=1S/C15H30N2O3/c1-6-13(16)15-12(9-20-11(4)19-7-2)8-14(10(3)18)17(15)5/h11-15H,6-9,16H2,1-5H3. The predicted molar refractivity (Wildman–Crippen MR) is 79.4 cm³/mol. The van der Waals surface area contributed by atoms with Crippen molar-refractivity contribution in [1.29, 1.82) is 0 Å². The second-order valence-electron chi connectivity index (χ2n) is 5.71. The summed E-state index contributed by atoms with van der Waals surface area (Å²) in [6.45, 7) is 8.82. The molecule has 0 bridgehead atoms. The molecular weight excluding hydrogens is 256 g/mol. The Kier molecular flexibility index (Phi) is 7.09. The molecule has 0 spiro atoms. The van der Waals surface area contributed by atoms with Crippen molar-refractivity contribution >= 4 is 5.78 Å². The molecule has 0 radical (unpaired) electrons. The lowest BCUT2D eigenvalue weighted by Gasteiger charge is -2.31. The first-order valence-corrected chi connectivity index (χ1v) is 7.63. The van der Waals surface area contributed by atoms with Gasteiger partial charge in [-0.2, -0.15) is 0 Å². The highest BCUT2D eigenvalue weighted by molar-refractivity contribution is 5.81. The van der Waals surface area contributed by atoms with Crippen LogP contribution in [0.15, 0.2) is 0 Å². The molecule has 1 heterocycles. The Balaban J connectivity index is 2.68. The monoisotopic (exact) mass is 286 g/mol. The smallest absolute Gasteiger partial charge is 0.154 e. The highest BCUT2D eigenvalue weighted by Crippen LogP contribution is 2.32. The van der Waals surface area contributed by atoms with Gasteiger partial charge in [-0.05, 0) is 40.7 Å². The molecule has 0 saturated carbocycles. The number of rotatable bonds is 8. The molecule has 2 N–H and O–H groups in total. The molecule has 5 atom stereocenters. The minimum absolute atomic E-state index is 0.0337. The van der Waals surface area contributed by atoms with E-state index >= 15 is 0 Å². The normalized spacial score (nSPS) is 30.4. The molecule has 1 aliphatic rings. The number of hydrogen-bond donors (Lipinski definition) is 1. The van der Waals surface area contributed by atoms with Crippen molar-refractivity contribution in [2.45, 2.75) is 65.0 Å². The third-order valence-electron chi connectivity index (χ3n) is 4.30. The van der Waals surface area contributed by atoms with Crippen LogP contribution in [-0.4, -0.2) is 55.4 Å². The average molecular weight is 286 g/mol. The number of nitrogens with two attached hydrogens (primary N) is 1. The van der Waals surface area contributed by atoms with Crippen LogP contribution in [0.5, 0.6) is 0 Å². The van der Waals surface area contributed by atoms with Crippen LogP contribution in [0, 0.1) is 5.92 Å². The Labute approximate surface area is 122 Å². The largest absolute Gasteiger partial charge is 0.353 e. The minimum Gasteiger partial charge on any atom is -0.353 e. The number of ether oxygens (including phenoxy) is 2. The molecule has 118 valence electrons. The topological polar surface area (TPSA) is 64.8 Å². The van der Waals surface area contributed by atoms with Crippen LogP contribution in [0.1, 0.15) is 40.5 Å². The number of likely N-dealkylation sites (N-methyl/N-ethyl adjacent to an activating group) is 1. The van der Waals surface area contributed by atoms with Crippen LogP contribution in [0.25, 0.3) is 0 Å². The molecule has 0 aromatic carbocycles. The van der Waals surface area contributed by atoms with E-state index in [0.29, 0.717) is 13.2 Å². The lowest BCUT2D eigenvalue weighted by Crippen LogP contribution is -2.48. The second kappa shape index (κ2) is 8.08. The summed E-state index contributed by atoms with van der Waals surface area (Å²) in [5, 5.41) is 0. The van der Waals surface area contributed by atoms with Gasteiger partial charge in [-0.3, -0.25) is 9.69 Å². The summed E-state index contributed by atoms with van der Waals surface area (Å²) in [4.78, 5) is 13.9. The number of carbonyl (C=O) groups excluding carboxylic acids is 1. The number of Topliss-reactive ketones (excluding diaryl/α,β-unsaturated/α-hetero) is 1. The SMILES string of the molecule is CCOC(C)OCC1CC(C(C)=O)N(C)C1C(N)CC. The highest BCUT2D eigenvalue weighted by Gasteiger charge is 2.43. The van der Waals surface area contributed by atoms with Gasteiger partial charge in [0.15, 0.2) is 6.29 Å². The zero-order valence-corrected chi connectivity index (χ0v) is 13.5. The fourth-order valence-electron chi connectivity index (χ4n) is 3.19. The quantitative estimate of drug-likeness (QED) is 0.683. The Hall–Kier alpha value is -0.490. The molecule has 1 fully saturated rings. The van der Waals surface area contributed by atoms with Gasteiger partial charge in [0.25, 0.3) is 0 Å². The van der Waals surface area contributed by atoms with Gasteiger partial charge in [0.2, 0.25) is 0 Å². The van der Waals surface area contributed by atoms with E-state index in [4.69, 9.17) is 15.2 Å². The molecule has 0 aliphatic carbocycles. The molecular formula is C15H30N2O3. The third-order valence-corrected chi connectivity index (χ3v) is 4.30. The van der Waals surface area contributed by atoms with E-state index in [1.807, 2.05) is 20.9 Å². The Bertz CT molecular complexity index is 311. The van der Waals surface area contributed by atoms with E-state index < -0.39 is 0 Å². The van der Waals surface area contributed by atoms with Crippen LogP contribution >= 0.6 is 0 Å². The zero-order chi connectivity index (χ0) is 15.3. The van der Waals surface area contributed by atoms with Gasteiger partial charge in [0.05, 0.1) is 12.6 Å². The van der Waals surface area contributed by atoms with E-state index in [9.17, 15) is 4.79 Å². The Morgan fingerprint density at radius 2 is 2.05 bits per heavy atom. The van der Waals surface area contributed by atoms with Crippen LogP contribution < -0.4 is 5.73 Å². The molecule has 20 heavy (non-hydrogen) atoms. The summed E-state index contributed by atoms with van der Waals surface area (Å²) in [5.74, 6) is 0.493. The van der Waals surface area contributed by atoms with Crippen molar-refractivity contribution in [3.63, 3.8) is 0 Å².